The van der Waals surface area contributed by atoms with Gasteiger partial charge in [0.15, 0.2) is 0 Å². The molecule has 1 aliphatic rings. The third-order valence-electron chi connectivity index (χ3n) is 5.82. The summed E-state index contributed by atoms with van der Waals surface area (Å²) in [6, 6.07) is 18.5. The number of hydrogen-bond acceptors (Lipinski definition) is 4. The summed E-state index contributed by atoms with van der Waals surface area (Å²) in [5.41, 5.74) is 2.83. The number of anilines is 2. The number of sulfonamides is 1. The normalized spacial score (nSPS) is 14.6. The Labute approximate surface area is 193 Å². The van der Waals surface area contributed by atoms with Crippen molar-refractivity contribution in [2.24, 2.45) is 0 Å². The van der Waals surface area contributed by atoms with Gasteiger partial charge in [-0.3, -0.25) is 13.9 Å². The first-order valence-corrected chi connectivity index (χ1v) is 12.1. The predicted molar refractivity (Wildman–Crippen MR) is 129 cm³/mol. The van der Waals surface area contributed by atoms with Gasteiger partial charge in [-0.15, -0.1) is 0 Å². The molecule has 1 heterocycles. The Morgan fingerprint density at radius 3 is 2.39 bits per heavy atom. The fourth-order valence-corrected chi connectivity index (χ4v) is 5.17. The van der Waals surface area contributed by atoms with Crippen LogP contribution in [0, 0.1) is 0 Å². The van der Waals surface area contributed by atoms with Gasteiger partial charge in [0.1, 0.15) is 0 Å². The van der Waals surface area contributed by atoms with Gasteiger partial charge in [-0.2, -0.15) is 0 Å². The van der Waals surface area contributed by atoms with Gasteiger partial charge in [0.2, 0.25) is 0 Å². The van der Waals surface area contributed by atoms with E-state index in [0.29, 0.717) is 33.6 Å². The number of benzene rings is 3. The molecule has 2 N–H and O–H groups in total. The lowest BCUT2D eigenvalue weighted by Crippen LogP contribution is -2.32. The number of nitrogens with zero attached hydrogens (tertiary/aromatic N) is 1. The minimum Gasteiger partial charge on any atom is -0.350 e. The molecular weight excluding hydrogens is 438 g/mol. The summed E-state index contributed by atoms with van der Waals surface area (Å²) in [6.07, 6.45) is 0.793. The molecule has 0 aromatic heterocycles. The number of nitrogens with one attached hydrogen (secondary N) is 2. The van der Waals surface area contributed by atoms with E-state index in [2.05, 4.69) is 10.6 Å². The number of rotatable bonds is 5. The Morgan fingerprint density at radius 1 is 0.939 bits per heavy atom. The van der Waals surface area contributed by atoms with Crippen molar-refractivity contribution in [1.82, 2.24) is 5.32 Å². The van der Waals surface area contributed by atoms with Crippen LogP contribution in [0.15, 0.2) is 71.6 Å². The molecule has 3 aromatic carbocycles. The Morgan fingerprint density at radius 2 is 1.64 bits per heavy atom. The molecule has 33 heavy (non-hydrogen) atoms. The number of fused-ring (bicyclic) bond motifs is 3. The molecule has 3 aromatic rings. The molecular formula is C25H25N3O4S. The van der Waals surface area contributed by atoms with Gasteiger partial charge in [0, 0.05) is 29.8 Å². The van der Waals surface area contributed by atoms with E-state index in [0.717, 1.165) is 6.42 Å². The molecule has 0 fully saturated rings. The monoisotopic (exact) mass is 463 g/mol. The molecule has 0 saturated heterocycles. The second kappa shape index (κ2) is 8.71. The second-order valence-corrected chi connectivity index (χ2v) is 9.92. The molecule has 1 aliphatic heterocycles. The van der Waals surface area contributed by atoms with Crippen LogP contribution in [0.1, 0.15) is 41.0 Å². The van der Waals surface area contributed by atoms with E-state index in [4.69, 9.17) is 0 Å². The lowest BCUT2D eigenvalue weighted by molar-refractivity contribution is 0.0940. The molecule has 0 aliphatic carbocycles. The number of carbonyl (C=O) groups excluding carboxylic acids is 2. The molecule has 0 bridgehead atoms. The van der Waals surface area contributed by atoms with E-state index in [-0.39, 0.29) is 16.8 Å². The van der Waals surface area contributed by atoms with Crippen LogP contribution in [0.2, 0.25) is 0 Å². The third-order valence-corrected chi connectivity index (χ3v) is 7.65. The second-order valence-electron chi connectivity index (χ2n) is 7.98. The highest BCUT2D eigenvalue weighted by Crippen LogP contribution is 2.42. The molecule has 7 nitrogen and oxygen atoms in total. The summed E-state index contributed by atoms with van der Waals surface area (Å²) in [4.78, 5) is 26.0. The zero-order chi connectivity index (χ0) is 23.8. The van der Waals surface area contributed by atoms with Crippen molar-refractivity contribution in [2.75, 3.05) is 16.7 Å². The van der Waals surface area contributed by atoms with E-state index in [9.17, 15) is 18.0 Å². The Kier molecular flexibility index (Phi) is 5.95. The summed E-state index contributed by atoms with van der Waals surface area (Å²) >= 11 is 0. The lowest BCUT2D eigenvalue weighted by atomic mass is 10.00. The van der Waals surface area contributed by atoms with Gasteiger partial charge in [-0.25, -0.2) is 8.42 Å². The quantitative estimate of drug-likeness (QED) is 0.591. The molecule has 170 valence electrons. The van der Waals surface area contributed by atoms with Crippen LogP contribution in [0.25, 0.3) is 11.1 Å². The highest BCUT2D eigenvalue weighted by molar-refractivity contribution is 7.93. The van der Waals surface area contributed by atoms with Crippen molar-refractivity contribution >= 4 is 33.2 Å². The average Bonchev–Trinajstić information content (AvgIpc) is 2.82. The van der Waals surface area contributed by atoms with Crippen LogP contribution in [0.4, 0.5) is 11.4 Å². The van der Waals surface area contributed by atoms with E-state index < -0.39 is 15.9 Å². The summed E-state index contributed by atoms with van der Waals surface area (Å²) in [7, 11) is -2.16. The van der Waals surface area contributed by atoms with Gasteiger partial charge < -0.3 is 10.6 Å². The first-order valence-electron chi connectivity index (χ1n) is 10.7. The SMILES string of the molecule is CC[C@H](C)NC(=O)c1ccccc1NC(=O)c1ccc2c(c1)-c1ccccc1S(=O)(=O)N2C. The first kappa shape index (κ1) is 22.5. The Hall–Kier alpha value is -3.65. The lowest BCUT2D eigenvalue weighted by Gasteiger charge is -2.29. The molecule has 4 rings (SSSR count). The van der Waals surface area contributed by atoms with Crippen molar-refractivity contribution < 1.29 is 18.0 Å². The van der Waals surface area contributed by atoms with Crippen LogP contribution in [0.3, 0.4) is 0 Å². The van der Waals surface area contributed by atoms with Gasteiger partial charge in [-0.05, 0) is 49.7 Å². The van der Waals surface area contributed by atoms with Crippen molar-refractivity contribution in [1.29, 1.82) is 0 Å². The van der Waals surface area contributed by atoms with Gasteiger partial charge in [-0.1, -0.05) is 37.3 Å². The highest BCUT2D eigenvalue weighted by Gasteiger charge is 2.32. The fourth-order valence-electron chi connectivity index (χ4n) is 3.75. The number of carbonyl (C=O) groups is 2. The number of amides is 2. The van der Waals surface area contributed by atoms with Crippen molar-refractivity contribution in [3.05, 3.63) is 77.9 Å². The summed E-state index contributed by atoms with van der Waals surface area (Å²) in [5, 5.41) is 5.74. The van der Waals surface area contributed by atoms with Crippen molar-refractivity contribution in [2.45, 2.75) is 31.2 Å². The largest absolute Gasteiger partial charge is 0.350 e. The van der Waals surface area contributed by atoms with Crippen molar-refractivity contribution in [3.8, 4) is 11.1 Å². The van der Waals surface area contributed by atoms with E-state index in [1.807, 2.05) is 13.8 Å². The maximum atomic E-state index is 13.1. The Balaban J connectivity index is 1.68. The van der Waals surface area contributed by atoms with Gasteiger partial charge in [0.25, 0.3) is 21.8 Å². The van der Waals surface area contributed by atoms with Crippen LogP contribution in [-0.4, -0.2) is 33.3 Å². The van der Waals surface area contributed by atoms with Crippen LogP contribution in [-0.2, 0) is 10.0 Å². The summed E-state index contributed by atoms with van der Waals surface area (Å²) in [6.45, 7) is 3.90. The number of para-hydroxylation sites is 1. The first-order chi connectivity index (χ1) is 15.7. The molecule has 0 unspecified atom stereocenters. The Bertz CT molecular complexity index is 1350. The molecule has 0 spiro atoms. The summed E-state index contributed by atoms with van der Waals surface area (Å²) in [5.74, 6) is -0.651. The third kappa shape index (κ3) is 4.09. The zero-order valence-electron chi connectivity index (χ0n) is 18.6. The predicted octanol–water partition coefficient (Wildman–Crippen LogP) is 4.27. The standard InChI is InChI=1S/C25H25N3O4S/c1-4-16(2)26-25(30)19-10-5-7-11-21(19)27-24(29)17-13-14-22-20(15-17)18-9-6-8-12-23(18)33(31,32)28(22)3/h5-16H,4H2,1-3H3,(H,26,30)(H,27,29)/t16-/m0/s1. The topological polar surface area (TPSA) is 95.6 Å². The average molecular weight is 464 g/mol. The maximum absolute atomic E-state index is 13.1. The summed E-state index contributed by atoms with van der Waals surface area (Å²) < 4.78 is 26.9. The van der Waals surface area contributed by atoms with Crippen LogP contribution < -0.4 is 14.9 Å². The molecule has 0 radical (unpaired) electrons. The van der Waals surface area contributed by atoms with E-state index >= 15 is 0 Å². The van der Waals surface area contributed by atoms with Crippen LogP contribution >= 0.6 is 0 Å². The highest BCUT2D eigenvalue weighted by atomic mass is 32.2. The minimum absolute atomic E-state index is 0.00948. The smallest absolute Gasteiger partial charge is 0.264 e. The molecule has 0 saturated carbocycles. The van der Waals surface area contributed by atoms with Gasteiger partial charge in [0.05, 0.1) is 21.8 Å². The minimum atomic E-state index is -3.65. The maximum Gasteiger partial charge on any atom is 0.264 e. The molecule has 1 atom stereocenters. The van der Waals surface area contributed by atoms with E-state index in [1.165, 1.54) is 11.4 Å². The number of hydrogen-bond donors (Lipinski definition) is 2. The van der Waals surface area contributed by atoms with Crippen molar-refractivity contribution in [3.63, 3.8) is 0 Å². The zero-order valence-corrected chi connectivity index (χ0v) is 19.4. The molecule has 2 amide bonds. The van der Waals surface area contributed by atoms with E-state index in [1.54, 1.807) is 66.7 Å². The van der Waals surface area contributed by atoms with Gasteiger partial charge >= 0.3 is 0 Å². The van der Waals surface area contributed by atoms with Crippen LogP contribution in [0.5, 0.6) is 0 Å². The molecule has 8 heteroatoms. The fraction of sp³-hybridized carbons (Fsp3) is 0.200.